The van der Waals surface area contributed by atoms with Crippen molar-refractivity contribution in [2.24, 2.45) is 0 Å². The lowest BCUT2D eigenvalue weighted by molar-refractivity contribution is 0.748. The number of fused-ring (bicyclic) bond motifs is 1. The lowest BCUT2D eigenvalue weighted by atomic mass is 10.1. The van der Waals surface area contributed by atoms with Crippen LogP contribution in [0.2, 0.25) is 10.0 Å². The first-order chi connectivity index (χ1) is 14.2. The van der Waals surface area contributed by atoms with E-state index in [-0.39, 0.29) is 0 Å². The zero-order valence-electron chi connectivity index (χ0n) is 16.2. The number of hydrogen-bond donors (Lipinski definition) is 1. The molecule has 0 atom stereocenters. The van der Waals surface area contributed by atoms with Gasteiger partial charge in [-0.1, -0.05) is 36.0 Å². The number of pyridine rings is 1. The van der Waals surface area contributed by atoms with E-state index in [2.05, 4.69) is 37.5 Å². The number of anilines is 2. The second kappa shape index (κ2) is 7.96. The van der Waals surface area contributed by atoms with Gasteiger partial charge >= 0.3 is 0 Å². The topological polar surface area (TPSA) is 53.9 Å². The normalized spacial score (nSPS) is 17.4. The number of benzene rings is 1. The molecule has 1 saturated carbocycles. The van der Waals surface area contributed by atoms with Crippen LogP contribution in [-0.4, -0.2) is 34.3 Å². The molecule has 29 heavy (non-hydrogen) atoms. The Hall–Kier alpha value is -2.11. The molecule has 0 amide bonds. The Kier molecular flexibility index (Phi) is 5.18. The first-order valence-corrected chi connectivity index (χ1v) is 11.1. The van der Waals surface area contributed by atoms with Gasteiger partial charge in [-0.2, -0.15) is 0 Å². The van der Waals surface area contributed by atoms with Gasteiger partial charge in [0, 0.05) is 41.7 Å². The molecule has 1 aromatic carbocycles. The van der Waals surface area contributed by atoms with E-state index in [1.165, 1.54) is 25.7 Å². The second-order valence-corrected chi connectivity index (χ2v) is 8.75. The summed E-state index contributed by atoms with van der Waals surface area (Å²) in [5.74, 6) is 1.79. The smallest absolute Gasteiger partial charge is 0.156 e. The average Bonchev–Trinajstić information content (AvgIpc) is 3.44. The van der Waals surface area contributed by atoms with Gasteiger partial charge in [0.1, 0.15) is 11.5 Å². The van der Waals surface area contributed by atoms with Crippen LogP contribution < -0.4 is 10.2 Å². The third-order valence-corrected chi connectivity index (χ3v) is 6.69. The molecule has 2 aliphatic rings. The molecule has 0 radical (unpaired) electrons. The van der Waals surface area contributed by atoms with Gasteiger partial charge in [0.05, 0.1) is 10.0 Å². The lowest BCUT2D eigenvalue weighted by Crippen LogP contribution is -2.18. The number of nitrogens with zero attached hydrogens (tertiary/aromatic N) is 4. The molecule has 2 aromatic heterocycles. The van der Waals surface area contributed by atoms with Gasteiger partial charge in [0.2, 0.25) is 0 Å². The van der Waals surface area contributed by atoms with Crippen molar-refractivity contribution in [1.29, 1.82) is 0 Å². The third kappa shape index (κ3) is 3.74. The molecule has 0 spiro atoms. The highest BCUT2D eigenvalue weighted by atomic mass is 35.5. The van der Waals surface area contributed by atoms with Crippen LogP contribution in [-0.2, 0) is 0 Å². The lowest BCUT2D eigenvalue weighted by Gasteiger charge is -2.17. The summed E-state index contributed by atoms with van der Waals surface area (Å²) in [6, 6.07) is 8.35. The van der Waals surface area contributed by atoms with Crippen molar-refractivity contribution in [2.45, 2.75) is 44.6 Å². The molecule has 1 aliphatic carbocycles. The Balaban J connectivity index is 1.55. The van der Waals surface area contributed by atoms with Crippen LogP contribution in [0.1, 0.15) is 38.5 Å². The highest BCUT2D eigenvalue weighted by Crippen LogP contribution is 2.36. The van der Waals surface area contributed by atoms with Crippen molar-refractivity contribution in [2.75, 3.05) is 23.3 Å². The monoisotopic (exact) mass is 427 g/mol. The van der Waals surface area contributed by atoms with Crippen molar-refractivity contribution in [3.63, 3.8) is 0 Å². The van der Waals surface area contributed by atoms with E-state index < -0.39 is 0 Å². The van der Waals surface area contributed by atoms with Crippen molar-refractivity contribution < 1.29 is 0 Å². The number of rotatable bonds is 4. The molecule has 2 fully saturated rings. The molecule has 0 bridgehead atoms. The summed E-state index contributed by atoms with van der Waals surface area (Å²) in [4.78, 5) is 6.99. The zero-order chi connectivity index (χ0) is 19.8. The molecule has 1 saturated heterocycles. The highest BCUT2D eigenvalue weighted by molar-refractivity contribution is 6.43. The van der Waals surface area contributed by atoms with Crippen LogP contribution in [0.4, 0.5) is 11.6 Å². The van der Waals surface area contributed by atoms with Crippen LogP contribution in [0, 0.1) is 0 Å². The fourth-order valence-electron chi connectivity index (χ4n) is 4.39. The van der Waals surface area contributed by atoms with E-state index in [1.807, 2.05) is 18.3 Å². The molecule has 1 aliphatic heterocycles. The van der Waals surface area contributed by atoms with Crippen LogP contribution in [0.25, 0.3) is 22.0 Å². The van der Waals surface area contributed by atoms with Gasteiger partial charge < -0.3 is 10.2 Å². The SMILES string of the molecule is Clc1cc2c(NC3CCCC3)nnc(-c3ccc(N4CCCC4)nc3)c2cc1Cl. The Bertz CT molecular complexity index is 1030. The number of halogens is 2. The quantitative estimate of drug-likeness (QED) is 0.556. The van der Waals surface area contributed by atoms with E-state index in [4.69, 9.17) is 23.2 Å². The minimum atomic E-state index is 0.439. The number of aromatic nitrogens is 3. The Morgan fingerprint density at radius 3 is 2.31 bits per heavy atom. The molecular weight excluding hydrogens is 405 g/mol. The van der Waals surface area contributed by atoms with Crippen molar-refractivity contribution in [3.8, 4) is 11.3 Å². The second-order valence-electron chi connectivity index (χ2n) is 7.93. The summed E-state index contributed by atoms with van der Waals surface area (Å²) < 4.78 is 0. The van der Waals surface area contributed by atoms with Gasteiger partial charge in [0.15, 0.2) is 5.82 Å². The maximum Gasteiger partial charge on any atom is 0.156 e. The van der Waals surface area contributed by atoms with E-state index >= 15 is 0 Å². The van der Waals surface area contributed by atoms with Gasteiger partial charge in [-0.3, -0.25) is 0 Å². The van der Waals surface area contributed by atoms with Gasteiger partial charge in [-0.25, -0.2) is 4.98 Å². The molecule has 1 N–H and O–H groups in total. The van der Waals surface area contributed by atoms with Crippen LogP contribution in [0.15, 0.2) is 30.5 Å². The highest BCUT2D eigenvalue weighted by Gasteiger charge is 2.20. The maximum atomic E-state index is 6.36. The summed E-state index contributed by atoms with van der Waals surface area (Å²) in [7, 11) is 0. The van der Waals surface area contributed by atoms with E-state index in [0.717, 1.165) is 59.6 Å². The van der Waals surface area contributed by atoms with Crippen LogP contribution >= 0.6 is 23.2 Å². The summed E-state index contributed by atoms with van der Waals surface area (Å²) in [5, 5.41) is 15.5. The zero-order valence-corrected chi connectivity index (χ0v) is 17.7. The van der Waals surface area contributed by atoms with Crippen LogP contribution in [0.3, 0.4) is 0 Å². The standard InChI is InChI=1S/C22H23Cl2N5/c23-18-11-16-17(12-19(18)24)22(26-15-5-1-2-6-15)28-27-21(16)14-7-8-20(25-13-14)29-9-3-4-10-29/h7-8,11-13,15H,1-6,9-10H2,(H,26,28). The minimum absolute atomic E-state index is 0.439. The Morgan fingerprint density at radius 2 is 1.62 bits per heavy atom. The Labute approximate surface area is 180 Å². The maximum absolute atomic E-state index is 6.36. The predicted molar refractivity (Wildman–Crippen MR) is 120 cm³/mol. The van der Waals surface area contributed by atoms with Gasteiger partial charge in [-0.15, -0.1) is 10.2 Å². The average molecular weight is 428 g/mol. The fourth-order valence-corrected chi connectivity index (χ4v) is 4.72. The van der Waals surface area contributed by atoms with E-state index in [0.29, 0.717) is 16.1 Å². The van der Waals surface area contributed by atoms with E-state index in [9.17, 15) is 0 Å². The number of nitrogens with one attached hydrogen (secondary N) is 1. The molecular formula is C22H23Cl2N5. The predicted octanol–water partition coefficient (Wildman–Crippen LogP) is 5.95. The first-order valence-electron chi connectivity index (χ1n) is 10.3. The molecule has 5 rings (SSSR count). The summed E-state index contributed by atoms with van der Waals surface area (Å²) >= 11 is 12.7. The van der Waals surface area contributed by atoms with Crippen molar-refractivity contribution in [3.05, 3.63) is 40.5 Å². The third-order valence-electron chi connectivity index (χ3n) is 5.97. The number of hydrogen-bond acceptors (Lipinski definition) is 5. The molecule has 5 nitrogen and oxygen atoms in total. The van der Waals surface area contributed by atoms with Crippen molar-refractivity contribution >= 4 is 45.6 Å². The van der Waals surface area contributed by atoms with Crippen LogP contribution in [0.5, 0.6) is 0 Å². The minimum Gasteiger partial charge on any atom is -0.365 e. The molecule has 150 valence electrons. The molecule has 3 aromatic rings. The van der Waals surface area contributed by atoms with Gasteiger partial charge in [-0.05, 0) is 49.9 Å². The first kappa shape index (κ1) is 18.9. The van der Waals surface area contributed by atoms with Gasteiger partial charge in [0.25, 0.3) is 0 Å². The molecule has 3 heterocycles. The molecule has 0 unspecified atom stereocenters. The Morgan fingerprint density at radius 1 is 0.897 bits per heavy atom. The fraction of sp³-hybridized carbons (Fsp3) is 0.409. The summed E-state index contributed by atoms with van der Waals surface area (Å²) in [5.41, 5.74) is 1.70. The summed E-state index contributed by atoms with van der Waals surface area (Å²) in [6.07, 6.45) is 9.17. The summed E-state index contributed by atoms with van der Waals surface area (Å²) in [6.45, 7) is 2.15. The van der Waals surface area contributed by atoms with Crippen molar-refractivity contribution in [1.82, 2.24) is 15.2 Å². The largest absolute Gasteiger partial charge is 0.365 e. The molecule has 7 heteroatoms. The van der Waals surface area contributed by atoms with E-state index in [1.54, 1.807) is 0 Å².